The van der Waals surface area contributed by atoms with Gasteiger partial charge >= 0.3 is 0 Å². The van der Waals surface area contributed by atoms with E-state index in [-0.39, 0.29) is 5.91 Å². The zero-order valence-electron chi connectivity index (χ0n) is 16.2. The van der Waals surface area contributed by atoms with E-state index in [1.54, 1.807) is 4.68 Å². The first-order chi connectivity index (χ1) is 14.7. The van der Waals surface area contributed by atoms with Crippen LogP contribution < -0.4 is 10.6 Å². The van der Waals surface area contributed by atoms with E-state index < -0.39 is 6.04 Å². The molecule has 5 nitrogen and oxygen atoms in total. The third-order valence-electron chi connectivity index (χ3n) is 4.68. The summed E-state index contributed by atoms with van der Waals surface area (Å²) in [6, 6.07) is 28.7. The maximum absolute atomic E-state index is 13.0. The second-order valence-corrected chi connectivity index (χ2v) is 7.73. The molecule has 1 atom stereocenters. The SMILES string of the molecule is O=C(NCc1ccccc1)C(Nc1ccn(-c2ccc(Br)cc2)n1)c1ccccc1. The maximum Gasteiger partial charge on any atom is 0.247 e. The van der Waals surface area contributed by atoms with Crippen LogP contribution in [0.1, 0.15) is 17.2 Å². The van der Waals surface area contributed by atoms with Crippen molar-refractivity contribution in [1.29, 1.82) is 0 Å². The molecule has 2 N–H and O–H groups in total. The van der Waals surface area contributed by atoms with Crippen LogP contribution in [0.4, 0.5) is 5.82 Å². The molecule has 3 aromatic carbocycles. The van der Waals surface area contributed by atoms with Crippen LogP contribution in [0.15, 0.2) is 102 Å². The molecule has 4 aromatic rings. The lowest BCUT2D eigenvalue weighted by Crippen LogP contribution is -2.33. The number of amides is 1. The van der Waals surface area contributed by atoms with Gasteiger partial charge in [-0.1, -0.05) is 76.6 Å². The number of carbonyl (C=O) groups is 1. The van der Waals surface area contributed by atoms with Crippen LogP contribution in [0.2, 0.25) is 0 Å². The van der Waals surface area contributed by atoms with Crippen molar-refractivity contribution in [1.82, 2.24) is 15.1 Å². The Morgan fingerprint density at radius 3 is 2.27 bits per heavy atom. The second-order valence-electron chi connectivity index (χ2n) is 6.81. The summed E-state index contributed by atoms with van der Waals surface area (Å²) in [6.07, 6.45) is 1.87. The van der Waals surface area contributed by atoms with Crippen molar-refractivity contribution in [2.75, 3.05) is 5.32 Å². The zero-order chi connectivity index (χ0) is 20.8. The Labute approximate surface area is 183 Å². The van der Waals surface area contributed by atoms with E-state index in [9.17, 15) is 4.79 Å². The minimum atomic E-state index is -0.553. The van der Waals surface area contributed by atoms with Crippen molar-refractivity contribution in [3.63, 3.8) is 0 Å². The fraction of sp³-hybridized carbons (Fsp3) is 0.0833. The summed E-state index contributed by atoms with van der Waals surface area (Å²) in [4.78, 5) is 13.0. The molecule has 1 unspecified atom stereocenters. The Kier molecular flexibility index (Phi) is 6.25. The number of halogens is 1. The summed E-state index contributed by atoms with van der Waals surface area (Å²) in [5, 5.41) is 10.9. The summed E-state index contributed by atoms with van der Waals surface area (Å²) < 4.78 is 2.79. The number of nitrogens with zero attached hydrogens (tertiary/aromatic N) is 2. The minimum Gasteiger partial charge on any atom is -0.353 e. The standard InChI is InChI=1S/C24H21BrN4O/c25-20-11-13-21(14-12-20)29-16-15-22(28-29)27-23(19-9-5-2-6-10-19)24(30)26-17-18-7-3-1-4-8-18/h1-16,23H,17H2,(H,26,30)(H,27,28). The number of aromatic nitrogens is 2. The second kappa shape index (κ2) is 9.41. The Bertz CT molecular complexity index is 1100. The van der Waals surface area contributed by atoms with Gasteiger partial charge in [0.15, 0.2) is 0 Å². The van der Waals surface area contributed by atoms with Gasteiger partial charge in [0.25, 0.3) is 0 Å². The zero-order valence-corrected chi connectivity index (χ0v) is 17.8. The number of hydrogen-bond donors (Lipinski definition) is 2. The van der Waals surface area contributed by atoms with Crippen LogP contribution in [0, 0.1) is 0 Å². The first-order valence-electron chi connectivity index (χ1n) is 9.64. The van der Waals surface area contributed by atoms with Crippen LogP contribution in [0.3, 0.4) is 0 Å². The fourth-order valence-electron chi connectivity index (χ4n) is 3.12. The van der Waals surface area contributed by atoms with E-state index >= 15 is 0 Å². The first kappa shape index (κ1) is 19.9. The summed E-state index contributed by atoms with van der Waals surface area (Å²) in [7, 11) is 0. The molecule has 1 amide bonds. The lowest BCUT2D eigenvalue weighted by atomic mass is 10.1. The van der Waals surface area contributed by atoms with Crippen molar-refractivity contribution < 1.29 is 4.79 Å². The molecule has 1 heterocycles. The smallest absolute Gasteiger partial charge is 0.247 e. The highest BCUT2D eigenvalue weighted by Gasteiger charge is 2.21. The molecule has 30 heavy (non-hydrogen) atoms. The monoisotopic (exact) mass is 460 g/mol. The number of benzene rings is 3. The summed E-state index contributed by atoms with van der Waals surface area (Å²) in [5.74, 6) is 0.518. The number of rotatable bonds is 7. The molecule has 0 saturated carbocycles. The van der Waals surface area contributed by atoms with Gasteiger partial charge in [-0.3, -0.25) is 4.79 Å². The summed E-state index contributed by atoms with van der Waals surface area (Å²) in [6.45, 7) is 0.470. The van der Waals surface area contributed by atoms with Crippen LogP contribution >= 0.6 is 15.9 Å². The van der Waals surface area contributed by atoms with E-state index in [2.05, 4.69) is 31.7 Å². The van der Waals surface area contributed by atoms with Gasteiger partial charge in [-0.05, 0) is 35.4 Å². The van der Waals surface area contributed by atoms with Gasteiger partial charge in [0.1, 0.15) is 11.9 Å². The third-order valence-corrected chi connectivity index (χ3v) is 5.21. The highest BCUT2D eigenvalue weighted by molar-refractivity contribution is 9.10. The van der Waals surface area contributed by atoms with Gasteiger partial charge in [0, 0.05) is 23.3 Å². The Balaban J connectivity index is 1.52. The summed E-state index contributed by atoms with van der Waals surface area (Å²) in [5.41, 5.74) is 2.87. The average Bonchev–Trinajstić information content (AvgIpc) is 3.26. The van der Waals surface area contributed by atoms with Crippen molar-refractivity contribution in [3.8, 4) is 5.69 Å². The normalized spacial score (nSPS) is 11.6. The fourth-order valence-corrected chi connectivity index (χ4v) is 3.38. The van der Waals surface area contributed by atoms with E-state index in [0.29, 0.717) is 12.4 Å². The highest BCUT2D eigenvalue weighted by Crippen LogP contribution is 2.20. The highest BCUT2D eigenvalue weighted by atomic mass is 79.9. The van der Waals surface area contributed by atoms with Crippen LogP contribution in [0.5, 0.6) is 0 Å². The third kappa shape index (κ3) is 4.96. The van der Waals surface area contributed by atoms with E-state index in [1.807, 2.05) is 97.2 Å². The van der Waals surface area contributed by atoms with Crippen molar-refractivity contribution >= 4 is 27.7 Å². The Hall–Kier alpha value is -3.38. The Morgan fingerprint density at radius 2 is 1.57 bits per heavy atom. The molecule has 0 fully saturated rings. The lowest BCUT2D eigenvalue weighted by molar-refractivity contribution is -0.122. The molecule has 0 aliphatic heterocycles. The van der Waals surface area contributed by atoms with E-state index in [0.717, 1.165) is 21.3 Å². The topological polar surface area (TPSA) is 59.0 Å². The van der Waals surface area contributed by atoms with Crippen molar-refractivity contribution in [2.24, 2.45) is 0 Å². The number of nitrogens with one attached hydrogen (secondary N) is 2. The van der Waals surface area contributed by atoms with E-state index in [1.165, 1.54) is 0 Å². The van der Waals surface area contributed by atoms with Gasteiger partial charge < -0.3 is 10.6 Å². The van der Waals surface area contributed by atoms with Gasteiger partial charge in [-0.25, -0.2) is 4.68 Å². The molecular formula is C24H21BrN4O. The van der Waals surface area contributed by atoms with Crippen LogP contribution in [-0.4, -0.2) is 15.7 Å². The molecule has 0 aliphatic carbocycles. The predicted molar refractivity (Wildman–Crippen MR) is 122 cm³/mol. The lowest BCUT2D eigenvalue weighted by Gasteiger charge is -2.18. The van der Waals surface area contributed by atoms with Crippen LogP contribution in [-0.2, 0) is 11.3 Å². The predicted octanol–water partition coefficient (Wildman–Crippen LogP) is 5.10. The molecular weight excluding hydrogens is 440 g/mol. The van der Waals surface area contributed by atoms with Gasteiger partial charge in [-0.2, -0.15) is 5.10 Å². The quantitative estimate of drug-likeness (QED) is 0.403. The molecule has 6 heteroatoms. The maximum atomic E-state index is 13.0. The van der Waals surface area contributed by atoms with Crippen LogP contribution in [0.25, 0.3) is 5.69 Å². The molecule has 0 aliphatic rings. The number of carbonyl (C=O) groups excluding carboxylic acids is 1. The molecule has 0 spiro atoms. The number of hydrogen-bond acceptors (Lipinski definition) is 3. The van der Waals surface area contributed by atoms with Gasteiger partial charge in [0.2, 0.25) is 5.91 Å². The van der Waals surface area contributed by atoms with E-state index in [4.69, 9.17) is 0 Å². The molecule has 0 radical (unpaired) electrons. The van der Waals surface area contributed by atoms with Crippen molar-refractivity contribution in [2.45, 2.75) is 12.6 Å². The first-order valence-corrected chi connectivity index (χ1v) is 10.4. The molecule has 0 bridgehead atoms. The molecule has 0 saturated heterocycles. The molecule has 1 aromatic heterocycles. The molecule has 4 rings (SSSR count). The Morgan fingerprint density at radius 1 is 0.900 bits per heavy atom. The number of anilines is 1. The largest absolute Gasteiger partial charge is 0.353 e. The summed E-state index contributed by atoms with van der Waals surface area (Å²) >= 11 is 3.44. The average molecular weight is 461 g/mol. The van der Waals surface area contributed by atoms with Gasteiger partial charge in [0.05, 0.1) is 5.69 Å². The minimum absolute atomic E-state index is 0.108. The van der Waals surface area contributed by atoms with Gasteiger partial charge in [-0.15, -0.1) is 0 Å². The molecule has 150 valence electrons. The van der Waals surface area contributed by atoms with Crippen molar-refractivity contribution in [3.05, 3.63) is 113 Å².